The Hall–Kier alpha value is -1.34. The summed E-state index contributed by atoms with van der Waals surface area (Å²) in [5.74, 6) is 0. The SMILES string of the molecule is CC(CNc1ccc(C#N)cc1)S(C)=O. The van der Waals surface area contributed by atoms with Gasteiger partial charge in [0.1, 0.15) is 0 Å². The van der Waals surface area contributed by atoms with Crippen LogP contribution in [-0.2, 0) is 10.8 Å². The van der Waals surface area contributed by atoms with Crippen molar-refractivity contribution in [2.75, 3.05) is 18.1 Å². The highest BCUT2D eigenvalue weighted by atomic mass is 32.2. The third kappa shape index (κ3) is 3.72. The van der Waals surface area contributed by atoms with Gasteiger partial charge in [0.2, 0.25) is 0 Å². The smallest absolute Gasteiger partial charge is 0.0991 e. The minimum absolute atomic E-state index is 0.126. The Morgan fingerprint density at radius 3 is 2.53 bits per heavy atom. The van der Waals surface area contributed by atoms with E-state index < -0.39 is 10.8 Å². The van der Waals surface area contributed by atoms with Gasteiger partial charge in [-0.2, -0.15) is 5.26 Å². The molecule has 1 aromatic rings. The predicted octanol–water partition coefficient (Wildman–Crippen LogP) is 1.74. The summed E-state index contributed by atoms with van der Waals surface area (Å²) >= 11 is 0. The maximum absolute atomic E-state index is 11.1. The van der Waals surface area contributed by atoms with E-state index in [1.165, 1.54) is 0 Å². The van der Waals surface area contributed by atoms with E-state index in [9.17, 15) is 4.21 Å². The first-order valence-corrected chi connectivity index (χ1v) is 6.32. The fourth-order valence-electron chi connectivity index (χ4n) is 1.04. The summed E-state index contributed by atoms with van der Waals surface area (Å²) in [4.78, 5) is 0. The lowest BCUT2D eigenvalue weighted by Crippen LogP contribution is -2.20. The molecule has 0 aromatic heterocycles. The molecule has 0 heterocycles. The molecule has 0 aliphatic heterocycles. The number of hydrogen-bond acceptors (Lipinski definition) is 3. The van der Waals surface area contributed by atoms with Gasteiger partial charge in [0.05, 0.1) is 11.6 Å². The van der Waals surface area contributed by atoms with Gasteiger partial charge in [-0.15, -0.1) is 0 Å². The quantitative estimate of drug-likeness (QED) is 0.844. The monoisotopic (exact) mass is 222 g/mol. The summed E-state index contributed by atoms with van der Waals surface area (Å²) in [5, 5.41) is 11.9. The summed E-state index contributed by atoms with van der Waals surface area (Å²) in [7, 11) is -0.805. The van der Waals surface area contributed by atoms with Crippen molar-refractivity contribution in [1.29, 1.82) is 5.26 Å². The van der Waals surface area contributed by atoms with Crippen LogP contribution in [0.2, 0.25) is 0 Å². The molecule has 0 aliphatic rings. The molecule has 0 radical (unpaired) electrons. The van der Waals surface area contributed by atoms with Gasteiger partial charge in [-0.25, -0.2) is 0 Å². The molecule has 2 unspecified atom stereocenters. The number of hydrogen-bond donors (Lipinski definition) is 1. The zero-order valence-electron chi connectivity index (χ0n) is 8.86. The van der Waals surface area contributed by atoms with Crippen molar-refractivity contribution in [3.63, 3.8) is 0 Å². The first-order valence-electron chi connectivity index (χ1n) is 4.69. The zero-order chi connectivity index (χ0) is 11.3. The fourth-order valence-corrected chi connectivity index (χ4v) is 1.36. The van der Waals surface area contributed by atoms with E-state index in [-0.39, 0.29) is 5.25 Å². The molecule has 0 bridgehead atoms. The van der Waals surface area contributed by atoms with E-state index in [0.717, 1.165) is 5.69 Å². The number of nitrogens with one attached hydrogen (secondary N) is 1. The minimum atomic E-state index is -0.805. The Morgan fingerprint density at radius 2 is 2.07 bits per heavy atom. The van der Waals surface area contributed by atoms with Crippen molar-refractivity contribution in [2.45, 2.75) is 12.2 Å². The first kappa shape index (κ1) is 11.7. The van der Waals surface area contributed by atoms with Crippen LogP contribution in [0.3, 0.4) is 0 Å². The molecule has 0 spiro atoms. The second-order valence-corrected chi connectivity index (χ2v) is 5.18. The summed E-state index contributed by atoms with van der Waals surface area (Å²) in [5.41, 5.74) is 1.60. The van der Waals surface area contributed by atoms with E-state index in [1.807, 2.05) is 19.1 Å². The molecule has 3 nitrogen and oxygen atoms in total. The van der Waals surface area contributed by atoms with Gasteiger partial charge in [0, 0.05) is 34.5 Å². The van der Waals surface area contributed by atoms with Crippen LogP contribution in [0.5, 0.6) is 0 Å². The van der Waals surface area contributed by atoms with Crippen molar-refractivity contribution < 1.29 is 4.21 Å². The second-order valence-electron chi connectivity index (χ2n) is 3.38. The zero-order valence-corrected chi connectivity index (χ0v) is 9.67. The van der Waals surface area contributed by atoms with E-state index in [0.29, 0.717) is 12.1 Å². The van der Waals surface area contributed by atoms with Gasteiger partial charge in [0.15, 0.2) is 0 Å². The number of nitriles is 1. The van der Waals surface area contributed by atoms with Crippen LogP contribution in [0.1, 0.15) is 12.5 Å². The Balaban J connectivity index is 2.52. The van der Waals surface area contributed by atoms with Crippen molar-refractivity contribution in [3.8, 4) is 6.07 Å². The van der Waals surface area contributed by atoms with E-state index in [4.69, 9.17) is 5.26 Å². The van der Waals surface area contributed by atoms with Gasteiger partial charge in [0.25, 0.3) is 0 Å². The fraction of sp³-hybridized carbons (Fsp3) is 0.364. The average molecular weight is 222 g/mol. The molecule has 0 fully saturated rings. The molecule has 4 heteroatoms. The molecule has 0 amide bonds. The number of rotatable bonds is 4. The van der Waals surface area contributed by atoms with Crippen LogP contribution >= 0.6 is 0 Å². The highest BCUT2D eigenvalue weighted by Crippen LogP contribution is 2.09. The van der Waals surface area contributed by atoms with Crippen LogP contribution in [0, 0.1) is 11.3 Å². The molecule has 0 saturated carbocycles. The molecule has 1 aromatic carbocycles. The van der Waals surface area contributed by atoms with E-state index in [2.05, 4.69) is 11.4 Å². The molecule has 1 rings (SSSR count). The van der Waals surface area contributed by atoms with Crippen LogP contribution in [0.15, 0.2) is 24.3 Å². The number of nitrogens with zero attached hydrogens (tertiary/aromatic N) is 1. The van der Waals surface area contributed by atoms with Crippen LogP contribution in [0.4, 0.5) is 5.69 Å². The summed E-state index contributed by atoms with van der Waals surface area (Å²) in [6, 6.07) is 9.28. The second kappa shape index (κ2) is 5.52. The first-order chi connectivity index (χ1) is 7.13. The van der Waals surface area contributed by atoms with Crippen LogP contribution in [0.25, 0.3) is 0 Å². The molecule has 1 N–H and O–H groups in total. The van der Waals surface area contributed by atoms with Gasteiger partial charge in [-0.3, -0.25) is 4.21 Å². The van der Waals surface area contributed by atoms with E-state index >= 15 is 0 Å². The Bertz CT molecular complexity index is 381. The maximum atomic E-state index is 11.1. The van der Waals surface area contributed by atoms with Crippen molar-refractivity contribution in [1.82, 2.24) is 0 Å². The third-order valence-corrected chi connectivity index (χ3v) is 3.47. The molecule has 15 heavy (non-hydrogen) atoms. The lowest BCUT2D eigenvalue weighted by molar-refractivity contribution is 0.679. The minimum Gasteiger partial charge on any atom is -0.384 e. The van der Waals surface area contributed by atoms with Crippen molar-refractivity contribution in [3.05, 3.63) is 29.8 Å². The van der Waals surface area contributed by atoms with E-state index in [1.54, 1.807) is 18.4 Å². The van der Waals surface area contributed by atoms with Gasteiger partial charge in [-0.1, -0.05) is 0 Å². The largest absolute Gasteiger partial charge is 0.384 e. The Morgan fingerprint density at radius 1 is 1.47 bits per heavy atom. The molecule has 80 valence electrons. The lowest BCUT2D eigenvalue weighted by atomic mass is 10.2. The summed E-state index contributed by atoms with van der Waals surface area (Å²) < 4.78 is 11.1. The molecule has 0 aliphatic carbocycles. The van der Waals surface area contributed by atoms with Crippen LogP contribution in [-0.4, -0.2) is 22.3 Å². The predicted molar refractivity (Wildman–Crippen MR) is 63.2 cm³/mol. The van der Waals surface area contributed by atoms with Gasteiger partial charge >= 0.3 is 0 Å². The highest BCUT2D eigenvalue weighted by molar-refractivity contribution is 7.84. The van der Waals surface area contributed by atoms with Gasteiger partial charge < -0.3 is 5.32 Å². The van der Waals surface area contributed by atoms with Gasteiger partial charge in [-0.05, 0) is 31.2 Å². The molecule has 0 saturated heterocycles. The summed E-state index contributed by atoms with van der Waals surface area (Å²) in [6.07, 6.45) is 1.70. The molecular formula is C11H14N2OS. The van der Waals surface area contributed by atoms with Crippen LogP contribution < -0.4 is 5.32 Å². The third-order valence-electron chi connectivity index (χ3n) is 2.17. The standard InChI is InChI=1S/C11H14N2OS/c1-9(15(2)14)8-13-11-5-3-10(7-12)4-6-11/h3-6,9,13H,8H2,1-2H3. The molecule has 2 atom stereocenters. The highest BCUT2D eigenvalue weighted by Gasteiger charge is 2.04. The molecular weight excluding hydrogens is 208 g/mol. The average Bonchev–Trinajstić information content (AvgIpc) is 2.26. The maximum Gasteiger partial charge on any atom is 0.0991 e. The van der Waals surface area contributed by atoms with Crippen molar-refractivity contribution >= 4 is 16.5 Å². The lowest BCUT2D eigenvalue weighted by Gasteiger charge is -2.10. The topological polar surface area (TPSA) is 52.9 Å². The number of benzene rings is 1. The number of anilines is 1. The summed E-state index contributed by atoms with van der Waals surface area (Å²) in [6.45, 7) is 2.61. The Kier molecular flexibility index (Phi) is 4.32. The normalized spacial score (nSPS) is 13.9. The van der Waals surface area contributed by atoms with Crippen molar-refractivity contribution in [2.24, 2.45) is 0 Å². The Labute approximate surface area is 92.6 Å².